The Morgan fingerprint density at radius 3 is 2.52 bits per heavy atom. The average molecular weight is 380 g/mol. The van der Waals surface area contributed by atoms with E-state index in [9.17, 15) is 4.79 Å². The second kappa shape index (κ2) is 6.59. The van der Waals surface area contributed by atoms with Gasteiger partial charge in [-0.05, 0) is 25.5 Å². The SMILES string of the molecule is COc1cc(Cl)c(C)cc1-n1ccn2cc(-c3ccc(C)cc3)nc2c1=O. The Labute approximate surface area is 161 Å². The summed E-state index contributed by atoms with van der Waals surface area (Å²) in [6, 6.07) is 11.6. The van der Waals surface area contributed by atoms with Crippen LogP contribution in [0.2, 0.25) is 5.02 Å². The van der Waals surface area contributed by atoms with Crippen LogP contribution in [-0.4, -0.2) is 21.1 Å². The number of aryl methyl sites for hydroxylation is 2. The minimum Gasteiger partial charge on any atom is -0.495 e. The van der Waals surface area contributed by atoms with Crippen molar-refractivity contribution >= 4 is 17.2 Å². The highest BCUT2D eigenvalue weighted by Crippen LogP contribution is 2.29. The van der Waals surface area contributed by atoms with Gasteiger partial charge >= 0.3 is 0 Å². The van der Waals surface area contributed by atoms with E-state index in [2.05, 4.69) is 4.98 Å². The molecule has 4 rings (SSSR count). The number of imidazole rings is 1. The smallest absolute Gasteiger partial charge is 0.298 e. The fraction of sp³-hybridized carbons (Fsp3) is 0.143. The maximum atomic E-state index is 13.1. The lowest BCUT2D eigenvalue weighted by Gasteiger charge is -2.13. The lowest BCUT2D eigenvalue weighted by molar-refractivity contribution is 0.412. The molecule has 0 unspecified atom stereocenters. The Bertz CT molecular complexity index is 1210. The van der Waals surface area contributed by atoms with E-state index in [1.807, 2.05) is 56.6 Å². The molecule has 0 aliphatic rings. The number of fused-ring (bicyclic) bond motifs is 1. The van der Waals surface area contributed by atoms with E-state index >= 15 is 0 Å². The number of hydrogen-bond acceptors (Lipinski definition) is 3. The van der Waals surface area contributed by atoms with Gasteiger partial charge in [-0.3, -0.25) is 9.36 Å². The van der Waals surface area contributed by atoms with E-state index in [-0.39, 0.29) is 5.56 Å². The first kappa shape index (κ1) is 17.4. The molecule has 0 fully saturated rings. The molecule has 0 amide bonds. The zero-order chi connectivity index (χ0) is 19.1. The Hall–Kier alpha value is -3.05. The molecule has 0 atom stereocenters. The number of ether oxygens (including phenoxy) is 1. The number of halogens is 1. The highest BCUT2D eigenvalue weighted by molar-refractivity contribution is 6.31. The quantitative estimate of drug-likeness (QED) is 0.529. The van der Waals surface area contributed by atoms with Gasteiger partial charge in [0, 0.05) is 35.2 Å². The Morgan fingerprint density at radius 2 is 1.81 bits per heavy atom. The van der Waals surface area contributed by atoms with E-state index in [0.717, 1.165) is 16.8 Å². The Kier molecular flexibility index (Phi) is 4.24. The van der Waals surface area contributed by atoms with Crippen molar-refractivity contribution in [2.75, 3.05) is 7.11 Å². The summed E-state index contributed by atoms with van der Waals surface area (Å²) in [5.41, 5.74) is 4.52. The molecule has 6 heteroatoms. The van der Waals surface area contributed by atoms with Crippen molar-refractivity contribution in [2.24, 2.45) is 0 Å². The normalized spacial score (nSPS) is 11.1. The van der Waals surface area contributed by atoms with Crippen LogP contribution in [-0.2, 0) is 0 Å². The molecule has 0 bridgehead atoms. The van der Waals surface area contributed by atoms with Crippen molar-refractivity contribution in [1.29, 1.82) is 0 Å². The van der Waals surface area contributed by atoms with Gasteiger partial charge in [0.15, 0.2) is 0 Å². The average Bonchev–Trinajstić information content (AvgIpc) is 3.10. The van der Waals surface area contributed by atoms with E-state index in [1.165, 1.54) is 10.1 Å². The first-order valence-corrected chi connectivity index (χ1v) is 8.87. The van der Waals surface area contributed by atoms with E-state index < -0.39 is 0 Å². The number of hydrogen-bond donors (Lipinski definition) is 0. The summed E-state index contributed by atoms with van der Waals surface area (Å²) in [4.78, 5) is 17.6. The molecule has 0 N–H and O–H groups in total. The minimum atomic E-state index is -0.226. The zero-order valence-electron chi connectivity index (χ0n) is 15.2. The molecule has 136 valence electrons. The van der Waals surface area contributed by atoms with Crippen molar-refractivity contribution in [3.8, 4) is 22.7 Å². The lowest BCUT2D eigenvalue weighted by atomic mass is 10.1. The summed E-state index contributed by atoms with van der Waals surface area (Å²) in [6.07, 6.45) is 5.38. The summed E-state index contributed by atoms with van der Waals surface area (Å²) in [7, 11) is 1.55. The molecule has 0 spiro atoms. The summed E-state index contributed by atoms with van der Waals surface area (Å²) < 4.78 is 8.69. The molecular weight excluding hydrogens is 362 g/mol. The summed E-state index contributed by atoms with van der Waals surface area (Å²) in [6.45, 7) is 3.92. The van der Waals surface area contributed by atoms with Crippen LogP contribution in [0.5, 0.6) is 5.75 Å². The predicted octanol–water partition coefficient (Wildman–Crippen LogP) is 4.43. The fourth-order valence-corrected chi connectivity index (χ4v) is 3.19. The molecule has 5 nitrogen and oxygen atoms in total. The molecule has 27 heavy (non-hydrogen) atoms. The highest BCUT2D eigenvalue weighted by atomic mass is 35.5. The molecule has 0 aliphatic carbocycles. The maximum absolute atomic E-state index is 13.1. The Balaban J connectivity index is 1.90. The van der Waals surface area contributed by atoms with Gasteiger partial charge < -0.3 is 9.14 Å². The van der Waals surface area contributed by atoms with Gasteiger partial charge in [0.2, 0.25) is 5.65 Å². The molecule has 2 aromatic heterocycles. The van der Waals surface area contributed by atoms with Crippen molar-refractivity contribution in [3.05, 3.63) is 81.5 Å². The van der Waals surface area contributed by atoms with Crippen LogP contribution >= 0.6 is 11.6 Å². The van der Waals surface area contributed by atoms with Crippen LogP contribution in [0.3, 0.4) is 0 Å². The van der Waals surface area contributed by atoms with Gasteiger partial charge in [0.25, 0.3) is 5.56 Å². The first-order chi connectivity index (χ1) is 13.0. The maximum Gasteiger partial charge on any atom is 0.298 e. The van der Waals surface area contributed by atoms with E-state index in [1.54, 1.807) is 23.8 Å². The number of rotatable bonds is 3. The fourth-order valence-electron chi connectivity index (χ4n) is 3.03. The van der Waals surface area contributed by atoms with Crippen LogP contribution in [0.4, 0.5) is 0 Å². The number of aromatic nitrogens is 3. The van der Waals surface area contributed by atoms with Crippen LogP contribution in [0.15, 0.2) is 59.8 Å². The number of benzene rings is 2. The van der Waals surface area contributed by atoms with Crippen molar-refractivity contribution < 1.29 is 4.74 Å². The van der Waals surface area contributed by atoms with Crippen molar-refractivity contribution in [1.82, 2.24) is 14.0 Å². The Morgan fingerprint density at radius 1 is 1.07 bits per heavy atom. The molecule has 2 aromatic carbocycles. The lowest BCUT2D eigenvalue weighted by Crippen LogP contribution is -2.20. The van der Waals surface area contributed by atoms with Gasteiger partial charge in [-0.2, -0.15) is 0 Å². The third kappa shape index (κ3) is 3.00. The molecule has 0 radical (unpaired) electrons. The molecule has 0 aliphatic heterocycles. The van der Waals surface area contributed by atoms with Crippen LogP contribution in [0.1, 0.15) is 11.1 Å². The van der Waals surface area contributed by atoms with Gasteiger partial charge in [0.1, 0.15) is 5.75 Å². The van der Waals surface area contributed by atoms with Gasteiger partial charge in [-0.1, -0.05) is 41.4 Å². The second-order valence-electron chi connectivity index (χ2n) is 6.47. The third-order valence-electron chi connectivity index (χ3n) is 4.59. The standard InChI is InChI=1S/C21H18ClN3O2/c1-13-4-6-15(7-5-13)17-12-24-8-9-25(21(26)20(24)23-17)18-10-14(2)16(22)11-19(18)27-3/h4-12H,1-3H3. The third-order valence-corrected chi connectivity index (χ3v) is 4.99. The molecular formula is C21H18ClN3O2. The first-order valence-electron chi connectivity index (χ1n) is 8.50. The summed E-state index contributed by atoms with van der Waals surface area (Å²) >= 11 is 6.19. The van der Waals surface area contributed by atoms with Crippen molar-refractivity contribution in [2.45, 2.75) is 13.8 Å². The van der Waals surface area contributed by atoms with Gasteiger partial charge in [-0.15, -0.1) is 0 Å². The monoisotopic (exact) mass is 379 g/mol. The highest BCUT2D eigenvalue weighted by Gasteiger charge is 2.14. The summed E-state index contributed by atoms with van der Waals surface area (Å²) in [5, 5.41) is 0.590. The van der Waals surface area contributed by atoms with Gasteiger partial charge in [-0.25, -0.2) is 4.98 Å². The van der Waals surface area contributed by atoms with Crippen LogP contribution in [0.25, 0.3) is 22.6 Å². The predicted molar refractivity (Wildman–Crippen MR) is 107 cm³/mol. The van der Waals surface area contributed by atoms with E-state index in [0.29, 0.717) is 22.1 Å². The number of nitrogens with zero attached hydrogens (tertiary/aromatic N) is 3. The second-order valence-corrected chi connectivity index (χ2v) is 6.88. The van der Waals surface area contributed by atoms with Crippen LogP contribution in [0, 0.1) is 13.8 Å². The summed E-state index contributed by atoms with van der Waals surface area (Å²) in [5.74, 6) is 0.530. The van der Waals surface area contributed by atoms with Gasteiger partial charge in [0.05, 0.1) is 18.5 Å². The minimum absolute atomic E-state index is 0.226. The topological polar surface area (TPSA) is 48.5 Å². The molecule has 0 saturated carbocycles. The molecule has 4 aromatic rings. The van der Waals surface area contributed by atoms with Crippen LogP contribution < -0.4 is 10.3 Å². The van der Waals surface area contributed by atoms with E-state index in [4.69, 9.17) is 16.3 Å². The largest absolute Gasteiger partial charge is 0.495 e. The zero-order valence-corrected chi connectivity index (χ0v) is 16.0. The molecule has 0 saturated heterocycles. The number of methoxy groups -OCH3 is 1. The van der Waals surface area contributed by atoms with Crippen molar-refractivity contribution in [3.63, 3.8) is 0 Å². The molecule has 2 heterocycles.